The second-order valence-corrected chi connectivity index (χ2v) is 4.90. The van der Waals surface area contributed by atoms with E-state index < -0.39 is 0 Å². The van der Waals surface area contributed by atoms with Crippen LogP contribution >= 0.6 is 0 Å². The van der Waals surface area contributed by atoms with Gasteiger partial charge in [0.15, 0.2) is 5.82 Å². The zero-order valence-electron chi connectivity index (χ0n) is 10.3. The van der Waals surface area contributed by atoms with Gasteiger partial charge in [0.1, 0.15) is 6.07 Å². The quantitative estimate of drug-likeness (QED) is 0.801. The number of anilines is 2. The minimum absolute atomic E-state index is 0.511. The third-order valence-corrected chi connectivity index (χ3v) is 3.72. The highest BCUT2D eigenvalue weighted by atomic mass is 15.2. The van der Waals surface area contributed by atoms with Crippen molar-refractivity contribution in [1.29, 1.82) is 5.26 Å². The number of nitrogen functional groups attached to an aromatic ring is 1. The van der Waals surface area contributed by atoms with Gasteiger partial charge in [-0.15, -0.1) is 0 Å². The molecule has 17 heavy (non-hydrogen) atoms. The van der Waals surface area contributed by atoms with Crippen LogP contribution in [0.25, 0.3) is 0 Å². The van der Waals surface area contributed by atoms with E-state index in [0.717, 1.165) is 31.2 Å². The minimum Gasteiger partial charge on any atom is -0.395 e. The van der Waals surface area contributed by atoms with Crippen LogP contribution < -0.4 is 10.6 Å². The molecule has 1 aromatic heterocycles. The van der Waals surface area contributed by atoms with Crippen LogP contribution in [0.2, 0.25) is 0 Å². The SMILES string of the molecule is CC1CCN(c2nccc(C#N)c2N)CC1C. The van der Waals surface area contributed by atoms with Crippen molar-refractivity contribution >= 4 is 11.5 Å². The van der Waals surface area contributed by atoms with Gasteiger partial charge in [0.05, 0.1) is 11.3 Å². The van der Waals surface area contributed by atoms with Gasteiger partial charge in [-0.2, -0.15) is 5.26 Å². The third kappa shape index (κ3) is 2.19. The molecule has 1 fully saturated rings. The molecule has 2 atom stereocenters. The molecule has 0 bridgehead atoms. The van der Waals surface area contributed by atoms with Gasteiger partial charge in [0, 0.05) is 19.3 Å². The summed E-state index contributed by atoms with van der Waals surface area (Å²) in [7, 11) is 0. The van der Waals surface area contributed by atoms with Crippen molar-refractivity contribution in [1.82, 2.24) is 4.98 Å². The monoisotopic (exact) mass is 230 g/mol. The van der Waals surface area contributed by atoms with Crippen LogP contribution in [0.3, 0.4) is 0 Å². The standard InChI is InChI=1S/C13H18N4/c1-9-4-6-17(8-10(9)2)13-12(15)11(7-14)3-5-16-13/h3,5,9-10H,4,6,8,15H2,1-2H3. The summed E-state index contributed by atoms with van der Waals surface area (Å²) >= 11 is 0. The Morgan fingerprint density at radius 3 is 2.88 bits per heavy atom. The Hall–Kier alpha value is -1.76. The molecule has 0 amide bonds. The Labute approximate surface area is 102 Å². The summed E-state index contributed by atoms with van der Waals surface area (Å²) in [5.74, 6) is 2.14. The third-order valence-electron chi connectivity index (χ3n) is 3.72. The second kappa shape index (κ2) is 4.62. The topological polar surface area (TPSA) is 65.9 Å². The first-order valence-electron chi connectivity index (χ1n) is 6.03. The fraction of sp³-hybridized carbons (Fsp3) is 0.538. The van der Waals surface area contributed by atoms with Gasteiger partial charge in [-0.05, 0) is 24.3 Å². The summed E-state index contributed by atoms with van der Waals surface area (Å²) in [6.45, 7) is 6.47. The number of hydrogen-bond acceptors (Lipinski definition) is 4. The molecule has 2 heterocycles. The smallest absolute Gasteiger partial charge is 0.153 e. The average Bonchev–Trinajstić information content (AvgIpc) is 2.33. The van der Waals surface area contributed by atoms with Gasteiger partial charge >= 0.3 is 0 Å². The van der Waals surface area contributed by atoms with Gasteiger partial charge in [-0.1, -0.05) is 13.8 Å². The minimum atomic E-state index is 0.511. The maximum Gasteiger partial charge on any atom is 0.153 e. The summed E-state index contributed by atoms with van der Waals surface area (Å²) in [4.78, 5) is 6.52. The fourth-order valence-corrected chi connectivity index (χ4v) is 2.27. The number of aromatic nitrogens is 1. The number of nitrogens with zero attached hydrogens (tertiary/aromatic N) is 3. The van der Waals surface area contributed by atoms with E-state index in [-0.39, 0.29) is 0 Å². The van der Waals surface area contributed by atoms with Crippen molar-refractivity contribution < 1.29 is 0 Å². The van der Waals surface area contributed by atoms with Crippen LogP contribution in [0.4, 0.5) is 11.5 Å². The number of rotatable bonds is 1. The Bertz CT molecular complexity index is 449. The zero-order valence-corrected chi connectivity index (χ0v) is 10.3. The van der Waals surface area contributed by atoms with Crippen molar-refractivity contribution in [3.8, 4) is 6.07 Å². The van der Waals surface area contributed by atoms with Crippen molar-refractivity contribution in [2.75, 3.05) is 23.7 Å². The lowest BCUT2D eigenvalue weighted by atomic mass is 9.88. The summed E-state index contributed by atoms with van der Waals surface area (Å²) in [5.41, 5.74) is 7.00. The lowest BCUT2D eigenvalue weighted by molar-refractivity contribution is 0.323. The van der Waals surface area contributed by atoms with E-state index in [1.807, 2.05) is 0 Å². The van der Waals surface area contributed by atoms with E-state index in [4.69, 9.17) is 11.0 Å². The Balaban J connectivity index is 2.27. The molecule has 0 radical (unpaired) electrons. The maximum atomic E-state index is 8.96. The zero-order chi connectivity index (χ0) is 12.4. The Morgan fingerprint density at radius 1 is 1.47 bits per heavy atom. The van der Waals surface area contributed by atoms with Crippen LogP contribution in [-0.4, -0.2) is 18.1 Å². The molecule has 1 aromatic rings. The van der Waals surface area contributed by atoms with E-state index in [1.165, 1.54) is 0 Å². The van der Waals surface area contributed by atoms with Gasteiger partial charge in [0.25, 0.3) is 0 Å². The maximum absolute atomic E-state index is 8.96. The highest BCUT2D eigenvalue weighted by molar-refractivity contribution is 5.70. The predicted octanol–water partition coefficient (Wildman–Crippen LogP) is 2.02. The van der Waals surface area contributed by atoms with Crippen LogP contribution in [0.1, 0.15) is 25.8 Å². The van der Waals surface area contributed by atoms with Gasteiger partial charge in [-0.25, -0.2) is 4.98 Å². The summed E-state index contributed by atoms with van der Waals surface area (Å²) in [5, 5.41) is 8.96. The molecule has 2 rings (SSSR count). The molecule has 0 aromatic carbocycles. The van der Waals surface area contributed by atoms with Crippen LogP contribution in [0.5, 0.6) is 0 Å². The molecular formula is C13H18N4. The highest BCUT2D eigenvalue weighted by Crippen LogP contribution is 2.30. The molecule has 4 nitrogen and oxygen atoms in total. The van der Waals surface area contributed by atoms with E-state index >= 15 is 0 Å². The second-order valence-electron chi connectivity index (χ2n) is 4.90. The number of nitrogens with two attached hydrogens (primary N) is 1. The summed E-state index contributed by atoms with van der Waals surface area (Å²) < 4.78 is 0. The average molecular weight is 230 g/mol. The fourth-order valence-electron chi connectivity index (χ4n) is 2.27. The lowest BCUT2D eigenvalue weighted by Gasteiger charge is -2.36. The Morgan fingerprint density at radius 2 is 2.24 bits per heavy atom. The molecule has 0 saturated carbocycles. The molecule has 90 valence electrons. The van der Waals surface area contributed by atoms with E-state index in [2.05, 4.69) is 29.8 Å². The number of nitriles is 1. The molecule has 4 heteroatoms. The predicted molar refractivity (Wildman–Crippen MR) is 68.5 cm³/mol. The molecular weight excluding hydrogens is 212 g/mol. The first-order chi connectivity index (χ1) is 8.13. The molecule has 1 aliphatic heterocycles. The van der Waals surface area contributed by atoms with Crippen molar-refractivity contribution in [3.63, 3.8) is 0 Å². The lowest BCUT2D eigenvalue weighted by Crippen LogP contribution is -2.39. The summed E-state index contributed by atoms with van der Waals surface area (Å²) in [6, 6.07) is 3.76. The van der Waals surface area contributed by atoms with Gasteiger partial charge < -0.3 is 10.6 Å². The molecule has 0 aliphatic carbocycles. The number of pyridine rings is 1. The Kier molecular flexibility index (Phi) is 3.19. The number of piperidine rings is 1. The van der Waals surface area contributed by atoms with E-state index in [0.29, 0.717) is 17.2 Å². The molecule has 1 aliphatic rings. The van der Waals surface area contributed by atoms with Crippen molar-refractivity contribution in [3.05, 3.63) is 17.8 Å². The van der Waals surface area contributed by atoms with Crippen LogP contribution in [-0.2, 0) is 0 Å². The normalized spacial score (nSPS) is 24.4. The molecule has 2 N–H and O–H groups in total. The van der Waals surface area contributed by atoms with Crippen molar-refractivity contribution in [2.24, 2.45) is 11.8 Å². The largest absolute Gasteiger partial charge is 0.395 e. The molecule has 2 unspecified atom stereocenters. The highest BCUT2D eigenvalue weighted by Gasteiger charge is 2.25. The molecule has 1 saturated heterocycles. The first-order valence-corrected chi connectivity index (χ1v) is 6.03. The van der Waals surface area contributed by atoms with Crippen LogP contribution in [0.15, 0.2) is 12.3 Å². The summed E-state index contributed by atoms with van der Waals surface area (Å²) in [6.07, 6.45) is 2.81. The first kappa shape index (κ1) is 11.7. The van der Waals surface area contributed by atoms with Gasteiger partial charge in [-0.3, -0.25) is 0 Å². The van der Waals surface area contributed by atoms with E-state index in [1.54, 1.807) is 12.3 Å². The van der Waals surface area contributed by atoms with E-state index in [9.17, 15) is 0 Å². The van der Waals surface area contributed by atoms with Crippen LogP contribution in [0, 0.1) is 23.2 Å². The number of hydrogen-bond donors (Lipinski definition) is 1. The van der Waals surface area contributed by atoms with Crippen molar-refractivity contribution in [2.45, 2.75) is 20.3 Å². The van der Waals surface area contributed by atoms with Gasteiger partial charge in [0.2, 0.25) is 0 Å². The molecule has 0 spiro atoms.